The molecular weight excluding hydrogens is 498 g/mol. The maximum atomic E-state index is 13.5. The van der Waals surface area contributed by atoms with Crippen LogP contribution in [0.15, 0.2) is 36.4 Å². The number of rotatable bonds is 6. The van der Waals surface area contributed by atoms with E-state index in [2.05, 4.69) is 5.32 Å². The second-order valence-corrected chi connectivity index (χ2v) is 9.77. The number of hydrogen-bond acceptors (Lipinski definition) is 5. The molecule has 1 aliphatic carbocycles. The Hall–Kier alpha value is -2.55. The third kappa shape index (κ3) is 6.18. The number of fused-ring (bicyclic) bond motifs is 1. The minimum absolute atomic E-state index is 0.00870. The predicted molar refractivity (Wildman–Crippen MR) is 129 cm³/mol. The molecule has 1 saturated carbocycles. The standard InChI is InChI=1S/C25H27Cl2FN2O5/c1-30(24(32)13-34-17-7-8-19(27)20(28)11-17)16-5-3-15(4-6-16)29-25(33)23-12-21(31)18-10-14(26)2-9-22(18)35-23/h2,7-11,15-16,21,23,31H,3-6,12-13H2,1H3,(H,29,33)/t15?,16?,21-,23-/m1/s1. The number of halogens is 3. The Morgan fingerprint density at radius 3 is 2.63 bits per heavy atom. The van der Waals surface area contributed by atoms with Crippen molar-refractivity contribution in [2.24, 2.45) is 0 Å². The number of nitrogens with one attached hydrogen (secondary N) is 1. The molecule has 1 fully saturated rings. The van der Waals surface area contributed by atoms with Gasteiger partial charge in [0, 0.05) is 42.2 Å². The largest absolute Gasteiger partial charge is 0.484 e. The topological polar surface area (TPSA) is 88.1 Å². The van der Waals surface area contributed by atoms with Crippen LogP contribution in [0.4, 0.5) is 4.39 Å². The Morgan fingerprint density at radius 1 is 1.17 bits per heavy atom. The van der Waals surface area contributed by atoms with Crippen molar-refractivity contribution in [1.29, 1.82) is 0 Å². The Bertz CT molecular complexity index is 1090. The summed E-state index contributed by atoms with van der Waals surface area (Å²) in [6.45, 7) is -0.206. The summed E-state index contributed by atoms with van der Waals surface area (Å²) in [6, 6.07) is 8.98. The first-order valence-corrected chi connectivity index (χ1v) is 12.2. The molecule has 188 valence electrons. The van der Waals surface area contributed by atoms with E-state index < -0.39 is 18.0 Å². The van der Waals surface area contributed by atoms with Gasteiger partial charge in [-0.15, -0.1) is 0 Å². The van der Waals surface area contributed by atoms with E-state index in [1.165, 1.54) is 12.1 Å². The van der Waals surface area contributed by atoms with Crippen LogP contribution in [-0.2, 0) is 9.59 Å². The van der Waals surface area contributed by atoms with Gasteiger partial charge in [0.2, 0.25) is 0 Å². The van der Waals surface area contributed by atoms with Gasteiger partial charge in [-0.2, -0.15) is 0 Å². The molecule has 1 aliphatic heterocycles. The fraction of sp³-hybridized carbons (Fsp3) is 0.440. The van der Waals surface area contributed by atoms with Gasteiger partial charge in [0.1, 0.15) is 17.3 Å². The molecule has 0 radical (unpaired) electrons. The SMILES string of the molecule is CN(C(=O)COc1ccc(Cl)c(F)c1)C1CCC(NC(=O)[C@H]2C[C@@H](O)c3cc(Cl)ccc3O2)CC1. The van der Waals surface area contributed by atoms with Crippen LogP contribution in [0.1, 0.15) is 43.8 Å². The summed E-state index contributed by atoms with van der Waals surface area (Å²) in [5.74, 6) is -0.383. The fourth-order valence-corrected chi connectivity index (χ4v) is 4.80. The highest BCUT2D eigenvalue weighted by molar-refractivity contribution is 6.31. The highest BCUT2D eigenvalue weighted by atomic mass is 35.5. The van der Waals surface area contributed by atoms with E-state index in [0.29, 0.717) is 29.2 Å². The molecule has 10 heteroatoms. The molecule has 0 bridgehead atoms. The second kappa shape index (κ2) is 11.0. The van der Waals surface area contributed by atoms with Crippen LogP contribution in [0.25, 0.3) is 0 Å². The molecule has 7 nitrogen and oxygen atoms in total. The number of carbonyl (C=O) groups is 2. The van der Waals surface area contributed by atoms with Gasteiger partial charge in [0.15, 0.2) is 12.7 Å². The summed E-state index contributed by atoms with van der Waals surface area (Å²) in [7, 11) is 1.72. The maximum Gasteiger partial charge on any atom is 0.261 e. The van der Waals surface area contributed by atoms with Gasteiger partial charge in [-0.3, -0.25) is 9.59 Å². The van der Waals surface area contributed by atoms with E-state index in [1.807, 2.05) is 0 Å². The van der Waals surface area contributed by atoms with Crippen LogP contribution in [-0.4, -0.2) is 53.7 Å². The molecule has 2 aromatic carbocycles. The van der Waals surface area contributed by atoms with Crippen LogP contribution < -0.4 is 14.8 Å². The number of amides is 2. The number of carbonyl (C=O) groups excluding carboxylic acids is 2. The van der Waals surface area contributed by atoms with Crippen LogP contribution in [0.2, 0.25) is 10.0 Å². The van der Waals surface area contributed by atoms with Crippen molar-refractivity contribution in [2.75, 3.05) is 13.7 Å². The molecule has 0 unspecified atom stereocenters. The molecule has 1 heterocycles. The number of aliphatic hydroxyl groups excluding tert-OH is 1. The van der Waals surface area contributed by atoms with Crippen LogP contribution in [0, 0.1) is 5.82 Å². The normalized spacial score (nSPS) is 23.6. The Kier molecular flexibility index (Phi) is 8.04. The number of benzene rings is 2. The first kappa shape index (κ1) is 25.5. The first-order valence-electron chi connectivity index (χ1n) is 11.5. The molecule has 2 atom stereocenters. The molecular formula is C25H27Cl2FN2O5. The van der Waals surface area contributed by atoms with Crippen molar-refractivity contribution in [3.05, 3.63) is 57.8 Å². The van der Waals surface area contributed by atoms with E-state index in [-0.39, 0.29) is 47.7 Å². The highest BCUT2D eigenvalue weighted by Gasteiger charge is 2.34. The Labute approximate surface area is 213 Å². The number of aliphatic hydroxyl groups is 1. The van der Waals surface area contributed by atoms with Gasteiger partial charge in [-0.25, -0.2) is 4.39 Å². The van der Waals surface area contributed by atoms with Gasteiger partial charge < -0.3 is 24.8 Å². The van der Waals surface area contributed by atoms with Crippen LogP contribution >= 0.6 is 23.2 Å². The lowest BCUT2D eigenvalue weighted by molar-refractivity contribution is -0.135. The van der Waals surface area contributed by atoms with Gasteiger partial charge in [0.25, 0.3) is 11.8 Å². The zero-order chi connectivity index (χ0) is 25.1. The van der Waals surface area contributed by atoms with Gasteiger partial charge in [-0.05, 0) is 56.0 Å². The smallest absolute Gasteiger partial charge is 0.261 e. The summed E-state index contributed by atoms with van der Waals surface area (Å²) in [6.07, 6.45) is 1.41. The summed E-state index contributed by atoms with van der Waals surface area (Å²) in [4.78, 5) is 27.0. The summed E-state index contributed by atoms with van der Waals surface area (Å²) < 4.78 is 24.7. The van der Waals surface area contributed by atoms with E-state index in [0.717, 1.165) is 18.9 Å². The minimum atomic E-state index is -0.824. The molecule has 35 heavy (non-hydrogen) atoms. The molecule has 0 aromatic heterocycles. The van der Waals surface area contributed by atoms with Crippen LogP contribution in [0.5, 0.6) is 11.5 Å². The predicted octanol–water partition coefficient (Wildman–Crippen LogP) is 4.28. The zero-order valence-electron chi connectivity index (χ0n) is 19.2. The third-order valence-corrected chi connectivity index (χ3v) is 7.11. The number of likely N-dealkylation sites (N-methyl/N-ethyl adjacent to an activating group) is 1. The lowest BCUT2D eigenvalue weighted by atomic mass is 9.90. The summed E-state index contributed by atoms with van der Waals surface area (Å²) >= 11 is 11.6. The lowest BCUT2D eigenvalue weighted by Gasteiger charge is -2.36. The molecule has 2 amide bonds. The fourth-order valence-electron chi connectivity index (χ4n) is 4.50. The number of hydrogen-bond donors (Lipinski definition) is 2. The molecule has 2 aliphatic rings. The highest BCUT2D eigenvalue weighted by Crippen LogP contribution is 2.36. The lowest BCUT2D eigenvalue weighted by Crippen LogP contribution is -2.49. The van der Waals surface area contributed by atoms with E-state index in [1.54, 1.807) is 30.1 Å². The average molecular weight is 525 g/mol. The van der Waals surface area contributed by atoms with E-state index >= 15 is 0 Å². The summed E-state index contributed by atoms with van der Waals surface area (Å²) in [5.41, 5.74) is 0.583. The van der Waals surface area contributed by atoms with Gasteiger partial charge >= 0.3 is 0 Å². The van der Waals surface area contributed by atoms with Crippen molar-refractivity contribution in [3.63, 3.8) is 0 Å². The number of nitrogens with zero attached hydrogens (tertiary/aromatic N) is 1. The monoisotopic (exact) mass is 524 g/mol. The minimum Gasteiger partial charge on any atom is -0.484 e. The summed E-state index contributed by atoms with van der Waals surface area (Å²) in [5, 5.41) is 13.9. The quantitative estimate of drug-likeness (QED) is 0.588. The van der Waals surface area contributed by atoms with Gasteiger partial charge in [0.05, 0.1) is 11.1 Å². The van der Waals surface area contributed by atoms with Crippen LogP contribution in [0.3, 0.4) is 0 Å². The average Bonchev–Trinajstić information content (AvgIpc) is 2.85. The molecule has 4 rings (SSSR count). The molecule has 0 spiro atoms. The van der Waals surface area contributed by atoms with Crippen molar-refractivity contribution in [1.82, 2.24) is 10.2 Å². The van der Waals surface area contributed by atoms with Crippen molar-refractivity contribution >= 4 is 35.0 Å². The van der Waals surface area contributed by atoms with Gasteiger partial charge in [-0.1, -0.05) is 23.2 Å². The first-order chi connectivity index (χ1) is 16.7. The molecule has 2 N–H and O–H groups in total. The van der Waals surface area contributed by atoms with E-state index in [9.17, 15) is 19.1 Å². The van der Waals surface area contributed by atoms with Crippen molar-refractivity contribution in [3.8, 4) is 11.5 Å². The molecule has 0 saturated heterocycles. The number of ether oxygens (including phenoxy) is 2. The van der Waals surface area contributed by atoms with Crippen molar-refractivity contribution < 1.29 is 28.6 Å². The van der Waals surface area contributed by atoms with Crippen molar-refractivity contribution in [2.45, 2.75) is 56.4 Å². The molecule has 2 aromatic rings. The Morgan fingerprint density at radius 2 is 1.91 bits per heavy atom. The Balaban J connectivity index is 1.23. The van der Waals surface area contributed by atoms with E-state index in [4.69, 9.17) is 32.7 Å². The zero-order valence-corrected chi connectivity index (χ0v) is 20.7. The third-order valence-electron chi connectivity index (χ3n) is 6.57. The maximum absolute atomic E-state index is 13.5. The second-order valence-electron chi connectivity index (χ2n) is 8.92.